The van der Waals surface area contributed by atoms with E-state index >= 15 is 0 Å². The first kappa shape index (κ1) is 20.3. The fraction of sp³-hybridized carbons (Fsp3) is 0.105. The molecule has 4 rings (SSSR count). The smallest absolute Gasteiger partial charge is 0.292 e. The summed E-state index contributed by atoms with van der Waals surface area (Å²) in [5.41, 5.74) is 0.641. The zero-order chi connectivity index (χ0) is 21.3. The molecule has 0 spiro atoms. The van der Waals surface area contributed by atoms with Gasteiger partial charge in [0, 0.05) is 28.9 Å². The van der Waals surface area contributed by atoms with Crippen LogP contribution in [0.2, 0.25) is 0 Å². The summed E-state index contributed by atoms with van der Waals surface area (Å²) in [5, 5.41) is 18.5. The fourth-order valence-corrected chi connectivity index (χ4v) is 5.42. The number of aromatic nitrogens is 2. The van der Waals surface area contributed by atoms with E-state index in [1.807, 2.05) is 22.9 Å². The number of nitro groups is 1. The summed E-state index contributed by atoms with van der Waals surface area (Å²) in [7, 11) is 1.62. The molecule has 0 aliphatic rings. The fourth-order valence-electron chi connectivity index (χ4n) is 2.85. The number of fused-ring (bicyclic) bond motifs is 1. The molecule has 3 heterocycles. The van der Waals surface area contributed by atoms with Crippen molar-refractivity contribution in [2.45, 2.75) is 5.16 Å². The summed E-state index contributed by atoms with van der Waals surface area (Å²) in [6.07, 6.45) is 0. The average molecular weight is 459 g/mol. The Balaban J connectivity index is 1.55. The van der Waals surface area contributed by atoms with Crippen molar-refractivity contribution >= 4 is 61.9 Å². The number of para-hydroxylation sites is 2. The lowest BCUT2D eigenvalue weighted by atomic mass is 10.2. The van der Waals surface area contributed by atoms with Crippen LogP contribution in [-0.2, 0) is 11.8 Å². The van der Waals surface area contributed by atoms with Crippen LogP contribution in [-0.4, -0.2) is 26.1 Å². The second-order valence-electron chi connectivity index (χ2n) is 6.18. The van der Waals surface area contributed by atoms with Crippen molar-refractivity contribution in [1.29, 1.82) is 0 Å². The lowest BCUT2D eigenvalue weighted by Gasteiger charge is -2.08. The number of thioether (sulfide) groups is 1. The highest BCUT2D eigenvalue weighted by Crippen LogP contribution is 2.34. The second kappa shape index (κ2) is 8.38. The standard InChI is InChI=1S/C19H14N4O4S3/c1-22-18(25)16-11(14-7-4-8-28-14)9-29-17(16)21-19(22)30-10-15(24)20-12-5-2-3-6-13(12)23(26)27/h2-9H,10H2,1H3,(H,20,24). The number of nitro benzene ring substituents is 1. The quantitative estimate of drug-likeness (QED) is 0.199. The van der Waals surface area contributed by atoms with Gasteiger partial charge in [-0.15, -0.1) is 22.7 Å². The molecule has 0 fully saturated rings. The molecule has 30 heavy (non-hydrogen) atoms. The zero-order valence-corrected chi connectivity index (χ0v) is 18.0. The van der Waals surface area contributed by atoms with Gasteiger partial charge in [-0.05, 0) is 17.5 Å². The third-order valence-corrected chi connectivity index (χ3v) is 7.07. The molecule has 0 unspecified atom stereocenters. The molecule has 0 radical (unpaired) electrons. The predicted molar refractivity (Wildman–Crippen MR) is 121 cm³/mol. The van der Waals surface area contributed by atoms with Gasteiger partial charge in [0.2, 0.25) is 5.91 Å². The Bertz CT molecular complexity index is 1310. The number of rotatable bonds is 6. The summed E-state index contributed by atoms with van der Waals surface area (Å²) in [6.45, 7) is 0. The van der Waals surface area contributed by atoms with Gasteiger partial charge in [-0.2, -0.15) is 0 Å². The van der Waals surface area contributed by atoms with Gasteiger partial charge in [0.05, 0.1) is 16.1 Å². The minimum absolute atomic E-state index is 0.0407. The van der Waals surface area contributed by atoms with Gasteiger partial charge in [-0.3, -0.25) is 24.3 Å². The molecule has 0 aliphatic heterocycles. The number of benzene rings is 1. The molecule has 0 atom stereocenters. The van der Waals surface area contributed by atoms with E-state index in [-0.39, 0.29) is 22.7 Å². The average Bonchev–Trinajstić information content (AvgIpc) is 3.39. The molecule has 4 aromatic rings. The lowest BCUT2D eigenvalue weighted by molar-refractivity contribution is -0.383. The number of amides is 1. The Kier molecular flexibility index (Phi) is 5.66. The van der Waals surface area contributed by atoms with E-state index in [2.05, 4.69) is 10.3 Å². The maximum atomic E-state index is 12.9. The zero-order valence-electron chi connectivity index (χ0n) is 15.5. The van der Waals surface area contributed by atoms with Gasteiger partial charge in [0.15, 0.2) is 5.16 Å². The van der Waals surface area contributed by atoms with Gasteiger partial charge < -0.3 is 5.32 Å². The highest BCUT2D eigenvalue weighted by molar-refractivity contribution is 7.99. The van der Waals surface area contributed by atoms with Crippen LogP contribution in [0.3, 0.4) is 0 Å². The minimum atomic E-state index is -0.552. The van der Waals surface area contributed by atoms with Crippen molar-refractivity contribution in [1.82, 2.24) is 9.55 Å². The number of anilines is 1. The maximum Gasteiger partial charge on any atom is 0.292 e. The molecule has 0 bridgehead atoms. The molecule has 0 aliphatic carbocycles. The van der Waals surface area contributed by atoms with Crippen molar-refractivity contribution in [3.05, 3.63) is 67.6 Å². The normalized spacial score (nSPS) is 11.0. The van der Waals surface area contributed by atoms with Crippen LogP contribution >= 0.6 is 34.4 Å². The van der Waals surface area contributed by atoms with Gasteiger partial charge in [0.25, 0.3) is 11.2 Å². The monoisotopic (exact) mass is 458 g/mol. The van der Waals surface area contributed by atoms with Crippen molar-refractivity contribution in [3.63, 3.8) is 0 Å². The summed E-state index contributed by atoms with van der Waals surface area (Å²) in [6, 6.07) is 9.82. The molecule has 0 saturated carbocycles. The molecule has 1 amide bonds. The highest BCUT2D eigenvalue weighted by Gasteiger charge is 2.18. The lowest BCUT2D eigenvalue weighted by Crippen LogP contribution is -2.21. The summed E-state index contributed by atoms with van der Waals surface area (Å²) in [4.78, 5) is 41.9. The first-order valence-corrected chi connectivity index (χ1v) is 11.4. The van der Waals surface area contributed by atoms with Crippen molar-refractivity contribution < 1.29 is 9.72 Å². The summed E-state index contributed by atoms with van der Waals surface area (Å²) < 4.78 is 1.43. The van der Waals surface area contributed by atoms with E-state index in [1.54, 1.807) is 24.5 Å². The number of carbonyl (C=O) groups excluding carboxylic acids is 1. The number of carbonyl (C=O) groups is 1. The van der Waals surface area contributed by atoms with Crippen LogP contribution in [0.1, 0.15) is 0 Å². The van der Waals surface area contributed by atoms with Crippen LogP contribution < -0.4 is 10.9 Å². The highest BCUT2D eigenvalue weighted by atomic mass is 32.2. The number of nitrogens with one attached hydrogen (secondary N) is 1. The van der Waals surface area contributed by atoms with E-state index in [0.717, 1.165) is 22.2 Å². The molecule has 152 valence electrons. The number of thiophene rings is 2. The van der Waals surface area contributed by atoms with Gasteiger partial charge in [0.1, 0.15) is 10.5 Å². The Morgan fingerprint density at radius 3 is 2.80 bits per heavy atom. The van der Waals surface area contributed by atoms with E-state index in [9.17, 15) is 19.7 Å². The number of hydrogen-bond acceptors (Lipinski definition) is 8. The third kappa shape index (κ3) is 3.86. The van der Waals surface area contributed by atoms with Gasteiger partial charge in [-0.25, -0.2) is 4.98 Å². The minimum Gasteiger partial charge on any atom is -0.320 e. The van der Waals surface area contributed by atoms with Crippen LogP contribution in [0.15, 0.2) is 57.1 Å². The van der Waals surface area contributed by atoms with Gasteiger partial charge in [-0.1, -0.05) is 30.0 Å². The van der Waals surface area contributed by atoms with E-state index in [1.165, 1.54) is 34.1 Å². The molecule has 0 saturated heterocycles. The largest absolute Gasteiger partial charge is 0.320 e. The summed E-state index contributed by atoms with van der Waals surface area (Å²) in [5.74, 6) is -0.463. The molecule has 1 aromatic carbocycles. The molecule has 3 aromatic heterocycles. The number of nitrogens with zero attached hydrogens (tertiary/aromatic N) is 3. The number of hydrogen-bond donors (Lipinski definition) is 1. The molecular weight excluding hydrogens is 444 g/mol. The molecule has 1 N–H and O–H groups in total. The second-order valence-corrected chi connectivity index (χ2v) is 8.92. The SMILES string of the molecule is Cn1c(SCC(=O)Nc2ccccc2[N+](=O)[O-])nc2scc(-c3cccs3)c2c1=O. The van der Waals surface area contributed by atoms with E-state index in [4.69, 9.17) is 0 Å². The van der Waals surface area contributed by atoms with Crippen molar-refractivity contribution in [2.24, 2.45) is 7.05 Å². The van der Waals surface area contributed by atoms with Crippen LogP contribution in [0.4, 0.5) is 11.4 Å². The first-order valence-electron chi connectivity index (χ1n) is 8.64. The molecule has 11 heteroatoms. The van der Waals surface area contributed by atoms with Gasteiger partial charge >= 0.3 is 0 Å². The van der Waals surface area contributed by atoms with Crippen LogP contribution in [0, 0.1) is 10.1 Å². The Hall–Kier alpha value is -3.02. The van der Waals surface area contributed by atoms with E-state index in [0.29, 0.717) is 15.4 Å². The Morgan fingerprint density at radius 2 is 2.07 bits per heavy atom. The Labute approximate surface area is 182 Å². The Morgan fingerprint density at radius 1 is 1.27 bits per heavy atom. The topological polar surface area (TPSA) is 107 Å². The maximum absolute atomic E-state index is 12.9. The van der Waals surface area contributed by atoms with Crippen molar-refractivity contribution in [3.8, 4) is 10.4 Å². The third-order valence-electron chi connectivity index (χ3n) is 4.27. The van der Waals surface area contributed by atoms with Crippen LogP contribution in [0.5, 0.6) is 0 Å². The van der Waals surface area contributed by atoms with Crippen molar-refractivity contribution in [2.75, 3.05) is 11.1 Å². The summed E-state index contributed by atoms with van der Waals surface area (Å²) >= 11 is 4.05. The van der Waals surface area contributed by atoms with Crippen LogP contribution in [0.25, 0.3) is 20.7 Å². The first-order chi connectivity index (χ1) is 14.5. The molecule has 8 nitrogen and oxygen atoms in total. The molecular formula is C19H14N4O4S3. The van der Waals surface area contributed by atoms with E-state index < -0.39 is 10.8 Å². The predicted octanol–water partition coefficient (Wildman–Crippen LogP) is 4.36.